The van der Waals surface area contributed by atoms with E-state index in [4.69, 9.17) is 17.3 Å². The van der Waals surface area contributed by atoms with E-state index in [1.165, 1.54) is 0 Å². The summed E-state index contributed by atoms with van der Waals surface area (Å²) in [4.78, 5) is 1.01. The fraction of sp³-hybridized carbons (Fsp3) is 0.0667. The van der Waals surface area contributed by atoms with Gasteiger partial charge in [0, 0.05) is 16.1 Å². The first-order valence-electron chi connectivity index (χ1n) is 5.47. The van der Waals surface area contributed by atoms with Crippen LogP contribution in [0.3, 0.4) is 0 Å². The van der Waals surface area contributed by atoms with Crippen LogP contribution in [0.15, 0.2) is 53.4 Å². The zero-order valence-corrected chi connectivity index (χ0v) is 11.3. The molecule has 0 bridgehead atoms. The van der Waals surface area contributed by atoms with Gasteiger partial charge in [0.05, 0.1) is 10.8 Å². The van der Waals surface area contributed by atoms with Crippen LogP contribution >= 0.6 is 23.4 Å². The maximum absolute atomic E-state index is 6.08. The molecule has 0 saturated heterocycles. The molecule has 0 aliphatic rings. The summed E-state index contributed by atoms with van der Waals surface area (Å²) in [7, 11) is 0. The van der Waals surface area contributed by atoms with Crippen molar-refractivity contribution in [3.05, 3.63) is 59.1 Å². The van der Waals surface area contributed by atoms with Crippen LogP contribution in [0, 0.1) is 11.8 Å². The minimum atomic E-state index is 0.680. The lowest BCUT2D eigenvalue weighted by molar-refractivity contribution is 1.46. The molecule has 2 aromatic carbocycles. The van der Waals surface area contributed by atoms with Gasteiger partial charge < -0.3 is 5.73 Å². The van der Waals surface area contributed by atoms with Crippen LogP contribution in [-0.2, 0) is 0 Å². The number of halogens is 1. The van der Waals surface area contributed by atoms with Crippen LogP contribution < -0.4 is 5.73 Å². The van der Waals surface area contributed by atoms with Crippen molar-refractivity contribution in [2.24, 2.45) is 0 Å². The molecule has 0 aliphatic heterocycles. The number of rotatable bonds is 2. The number of hydrogen-bond donors (Lipinski definition) is 1. The van der Waals surface area contributed by atoms with E-state index in [0.29, 0.717) is 16.5 Å². The highest BCUT2D eigenvalue weighted by Gasteiger charge is 1.99. The van der Waals surface area contributed by atoms with Crippen LogP contribution in [0.25, 0.3) is 0 Å². The molecule has 0 fully saturated rings. The lowest BCUT2D eigenvalue weighted by atomic mass is 10.2. The average molecular weight is 274 g/mol. The Morgan fingerprint density at radius 2 is 1.89 bits per heavy atom. The third-order valence-electron chi connectivity index (χ3n) is 2.26. The van der Waals surface area contributed by atoms with E-state index in [1.54, 1.807) is 17.8 Å². The Labute approximate surface area is 116 Å². The molecule has 0 heterocycles. The summed E-state index contributed by atoms with van der Waals surface area (Å²) in [6, 6.07) is 15.5. The van der Waals surface area contributed by atoms with Gasteiger partial charge in [0.25, 0.3) is 0 Å². The summed E-state index contributed by atoms with van der Waals surface area (Å²) >= 11 is 7.69. The lowest BCUT2D eigenvalue weighted by Crippen LogP contribution is -1.85. The van der Waals surface area contributed by atoms with E-state index in [2.05, 4.69) is 11.8 Å². The first kappa shape index (κ1) is 12.9. The highest BCUT2D eigenvalue weighted by Crippen LogP contribution is 2.28. The monoisotopic (exact) mass is 273 g/mol. The Morgan fingerprint density at radius 3 is 2.61 bits per heavy atom. The van der Waals surface area contributed by atoms with Crippen molar-refractivity contribution >= 4 is 29.1 Å². The van der Waals surface area contributed by atoms with Gasteiger partial charge in [-0.3, -0.25) is 0 Å². The molecule has 0 atom stereocenters. The Kier molecular flexibility index (Phi) is 4.58. The molecule has 2 rings (SSSR count). The third kappa shape index (κ3) is 3.73. The van der Waals surface area contributed by atoms with Gasteiger partial charge in [0.1, 0.15) is 0 Å². The number of thioether (sulfide) groups is 1. The molecule has 0 amide bonds. The molecule has 0 saturated carbocycles. The molecule has 0 spiro atoms. The maximum atomic E-state index is 6.08. The topological polar surface area (TPSA) is 26.0 Å². The molecule has 3 heteroatoms. The minimum absolute atomic E-state index is 0.680. The first-order valence-corrected chi connectivity index (χ1v) is 6.84. The molecule has 2 aromatic rings. The second-order valence-electron chi connectivity index (χ2n) is 3.65. The first-order chi connectivity index (χ1) is 8.75. The van der Waals surface area contributed by atoms with Crippen LogP contribution in [0.1, 0.15) is 5.56 Å². The van der Waals surface area contributed by atoms with Gasteiger partial charge in [-0.15, -0.1) is 11.8 Å². The van der Waals surface area contributed by atoms with Gasteiger partial charge >= 0.3 is 0 Å². The summed E-state index contributed by atoms with van der Waals surface area (Å²) < 4.78 is 0. The zero-order valence-electron chi connectivity index (χ0n) is 9.69. The van der Waals surface area contributed by atoms with Crippen LogP contribution in [0.2, 0.25) is 5.02 Å². The van der Waals surface area contributed by atoms with Gasteiger partial charge in [-0.1, -0.05) is 41.6 Å². The second kappa shape index (κ2) is 6.39. The Hall–Kier alpha value is -1.56. The Morgan fingerprint density at radius 1 is 1.11 bits per heavy atom. The van der Waals surface area contributed by atoms with Gasteiger partial charge in [-0.25, -0.2) is 0 Å². The second-order valence-corrected chi connectivity index (χ2v) is 5.07. The van der Waals surface area contributed by atoms with E-state index < -0.39 is 0 Å². The minimum Gasteiger partial charge on any atom is -0.399 e. The molecular formula is C15H12ClNS. The van der Waals surface area contributed by atoms with Crippen molar-refractivity contribution in [3.8, 4) is 11.8 Å². The van der Waals surface area contributed by atoms with Crippen molar-refractivity contribution in [3.63, 3.8) is 0 Å². The molecule has 18 heavy (non-hydrogen) atoms. The number of nitrogen functional groups attached to an aromatic ring is 1. The predicted molar refractivity (Wildman–Crippen MR) is 79.9 cm³/mol. The summed E-state index contributed by atoms with van der Waals surface area (Å²) in [5, 5.41) is 0.682. The summed E-state index contributed by atoms with van der Waals surface area (Å²) in [6.45, 7) is 0. The third-order valence-corrected chi connectivity index (χ3v) is 3.64. The predicted octanol–water partition coefficient (Wildman–Crippen LogP) is 4.07. The lowest BCUT2D eigenvalue weighted by Gasteiger charge is -2.01. The SMILES string of the molecule is Nc1ccc(SCC#Cc2ccccc2)c(Cl)c1. The zero-order chi connectivity index (χ0) is 12.8. The van der Waals surface area contributed by atoms with Crippen molar-refractivity contribution in [2.75, 3.05) is 11.5 Å². The van der Waals surface area contributed by atoms with Gasteiger partial charge in [0.15, 0.2) is 0 Å². The quantitative estimate of drug-likeness (QED) is 0.507. The Balaban J connectivity index is 1.95. The average Bonchev–Trinajstić information content (AvgIpc) is 2.38. The van der Waals surface area contributed by atoms with Gasteiger partial charge in [0.2, 0.25) is 0 Å². The summed E-state index contributed by atoms with van der Waals surface area (Å²) in [6.07, 6.45) is 0. The van der Waals surface area contributed by atoms with Crippen molar-refractivity contribution in [1.82, 2.24) is 0 Å². The smallest absolute Gasteiger partial charge is 0.0599 e. The normalized spacial score (nSPS) is 9.61. The van der Waals surface area contributed by atoms with E-state index in [0.717, 1.165) is 10.5 Å². The Bertz CT molecular complexity index is 584. The number of anilines is 1. The molecule has 1 nitrogen and oxygen atoms in total. The molecule has 2 N–H and O–H groups in total. The largest absolute Gasteiger partial charge is 0.399 e. The van der Waals surface area contributed by atoms with E-state index >= 15 is 0 Å². The molecule has 90 valence electrons. The van der Waals surface area contributed by atoms with E-state index in [1.807, 2.05) is 42.5 Å². The van der Waals surface area contributed by atoms with E-state index in [-0.39, 0.29) is 0 Å². The standard InChI is InChI=1S/C15H12ClNS/c16-14-11-13(17)8-9-15(14)18-10-4-7-12-5-2-1-3-6-12/h1-3,5-6,8-9,11H,10,17H2. The summed E-state index contributed by atoms with van der Waals surface area (Å²) in [5.74, 6) is 6.93. The van der Waals surface area contributed by atoms with Gasteiger partial charge in [-0.2, -0.15) is 0 Å². The van der Waals surface area contributed by atoms with Crippen LogP contribution in [0.5, 0.6) is 0 Å². The molecule has 0 aromatic heterocycles. The molecule has 0 radical (unpaired) electrons. The van der Waals surface area contributed by atoms with Crippen LogP contribution in [0.4, 0.5) is 5.69 Å². The molecular weight excluding hydrogens is 262 g/mol. The molecule has 0 aliphatic carbocycles. The fourth-order valence-corrected chi connectivity index (χ4v) is 2.42. The fourth-order valence-electron chi connectivity index (χ4n) is 1.41. The van der Waals surface area contributed by atoms with Crippen molar-refractivity contribution in [1.29, 1.82) is 0 Å². The summed E-state index contributed by atoms with van der Waals surface area (Å²) in [5.41, 5.74) is 7.35. The van der Waals surface area contributed by atoms with Gasteiger partial charge in [-0.05, 0) is 30.3 Å². The number of benzene rings is 2. The van der Waals surface area contributed by atoms with Crippen LogP contribution in [-0.4, -0.2) is 5.75 Å². The van der Waals surface area contributed by atoms with E-state index in [9.17, 15) is 0 Å². The van der Waals surface area contributed by atoms with Crippen molar-refractivity contribution < 1.29 is 0 Å². The maximum Gasteiger partial charge on any atom is 0.0599 e. The highest BCUT2D eigenvalue weighted by molar-refractivity contribution is 7.99. The molecule has 0 unspecified atom stereocenters. The number of hydrogen-bond acceptors (Lipinski definition) is 2. The number of nitrogens with two attached hydrogens (primary N) is 1. The highest BCUT2D eigenvalue weighted by atomic mass is 35.5. The van der Waals surface area contributed by atoms with Crippen molar-refractivity contribution in [2.45, 2.75) is 4.90 Å².